The van der Waals surface area contributed by atoms with E-state index in [0.29, 0.717) is 42.6 Å². The summed E-state index contributed by atoms with van der Waals surface area (Å²) in [6, 6.07) is 10.3. The molecule has 158 valence electrons. The van der Waals surface area contributed by atoms with Gasteiger partial charge >= 0.3 is 6.09 Å². The summed E-state index contributed by atoms with van der Waals surface area (Å²) in [5.41, 5.74) is 1.14. The number of anilines is 1. The first-order valence-corrected chi connectivity index (χ1v) is 9.73. The summed E-state index contributed by atoms with van der Waals surface area (Å²) >= 11 is 0. The van der Waals surface area contributed by atoms with Crippen LogP contribution < -0.4 is 19.7 Å². The maximum absolute atomic E-state index is 12.5. The number of benzene rings is 1. The smallest absolute Gasteiger partial charge is 0.414 e. The number of methoxy groups -OCH3 is 1. The number of cyclic esters (lactones) is 1. The standard InChI is InChI=1S/C21H23N3O6/c1-27-16-4-2-15(3-5-16)24-12-18(30-21(24)26)11-23-20(25)14-6-8-22-19(10-14)29-17-7-9-28-13-17/h2-6,8,10,17-18H,7,9,11-13H2,1H3,(H,23,25). The lowest BCUT2D eigenvalue weighted by atomic mass is 10.2. The van der Waals surface area contributed by atoms with Crippen molar-refractivity contribution in [2.24, 2.45) is 0 Å². The Hall–Kier alpha value is -3.33. The number of nitrogens with zero attached hydrogens (tertiary/aromatic N) is 2. The largest absolute Gasteiger partial charge is 0.497 e. The van der Waals surface area contributed by atoms with Crippen molar-refractivity contribution in [1.29, 1.82) is 0 Å². The molecule has 1 aromatic carbocycles. The number of hydrogen-bond acceptors (Lipinski definition) is 7. The predicted octanol–water partition coefficient (Wildman–Crippen LogP) is 2.01. The van der Waals surface area contributed by atoms with Gasteiger partial charge in [0.15, 0.2) is 0 Å². The van der Waals surface area contributed by atoms with E-state index in [-0.39, 0.29) is 18.6 Å². The second kappa shape index (κ2) is 9.00. The minimum Gasteiger partial charge on any atom is -0.497 e. The van der Waals surface area contributed by atoms with E-state index in [1.165, 1.54) is 11.1 Å². The third-order valence-electron chi connectivity index (χ3n) is 4.92. The van der Waals surface area contributed by atoms with Crippen LogP contribution >= 0.6 is 0 Å². The van der Waals surface area contributed by atoms with E-state index in [1.807, 2.05) is 0 Å². The lowest BCUT2D eigenvalue weighted by Crippen LogP contribution is -2.34. The topological polar surface area (TPSA) is 99.2 Å². The molecular weight excluding hydrogens is 390 g/mol. The van der Waals surface area contributed by atoms with Crippen LogP contribution in [0, 0.1) is 0 Å². The zero-order valence-corrected chi connectivity index (χ0v) is 16.6. The summed E-state index contributed by atoms with van der Waals surface area (Å²) in [5, 5.41) is 2.80. The summed E-state index contributed by atoms with van der Waals surface area (Å²) in [5.74, 6) is 0.802. The second-order valence-corrected chi connectivity index (χ2v) is 7.01. The van der Waals surface area contributed by atoms with Gasteiger partial charge in [0, 0.05) is 29.9 Å². The van der Waals surface area contributed by atoms with Gasteiger partial charge in [-0.25, -0.2) is 9.78 Å². The molecule has 2 amide bonds. The molecule has 0 aliphatic carbocycles. The van der Waals surface area contributed by atoms with Gasteiger partial charge in [-0.05, 0) is 30.3 Å². The van der Waals surface area contributed by atoms with Crippen LogP contribution in [0.2, 0.25) is 0 Å². The number of hydrogen-bond donors (Lipinski definition) is 1. The molecule has 0 radical (unpaired) electrons. The summed E-state index contributed by atoms with van der Waals surface area (Å²) in [6.45, 7) is 1.73. The fourth-order valence-corrected chi connectivity index (χ4v) is 3.30. The Kier molecular flexibility index (Phi) is 5.99. The molecule has 2 atom stereocenters. The molecule has 2 unspecified atom stereocenters. The first-order chi connectivity index (χ1) is 14.6. The fourth-order valence-electron chi connectivity index (χ4n) is 3.30. The number of carbonyl (C=O) groups excluding carboxylic acids is 2. The third-order valence-corrected chi connectivity index (χ3v) is 4.92. The normalized spacial score (nSPS) is 20.7. The van der Waals surface area contributed by atoms with Gasteiger partial charge in [-0.2, -0.15) is 0 Å². The SMILES string of the molecule is COc1ccc(N2CC(CNC(=O)c3ccnc(OC4CCOC4)c3)OC2=O)cc1. The monoisotopic (exact) mass is 413 g/mol. The Morgan fingerprint density at radius 2 is 2.13 bits per heavy atom. The van der Waals surface area contributed by atoms with Gasteiger partial charge in [0.25, 0.3) is 5.91 Å². The second-order valence-electron chi connectivity index (χ2n) is 7.01. The average molecular weight is 413 g/mol. The van der Waals surface area contributed by atoms with Gasteiger partial charge in [-0.3, -0.25) is 9.69 Å². The summed E-state index contributed by atoms with van der Waals surface area (Å²) in [4.78, 5) is 30.4. The Morgan fingerprint density at radius 3 is 2.87 bits per heavy atom. The van der Waals surface area contributed by atoms with E-state index in [9.17, 15) is 9.59 Å². The number of pyridine rings is 1. The summed E-state index contributed by atoms with van der Waals surface area (Å²) in [7, 11) is 1.58. The molecule has 30 heavy (non-hydrogen) atoms. The van der Waals surface area contributed by atoms with E-state index in [2.05, 4.69) is 10.3 Å². The fraction of sp³-hybridized carbons (Fsp3) is 0.381. The van der Waals surface area contributed by atoms with Crippen LogP contribution in [-0.2, 0) is 9.47 Å². The summed E-state index contributed by atoms with van der Waals surface area (Å²) < 4.78 is 21.5. The van der Waals surface area contributed by atoms with Crippen LogP contribution in [0.25, 0.3) is 0 Å². The minimum atomic E-state index is -0.447. The summed E-state index contributed by atoms with van der Waals surface area (Å²) in [6.07, 6.45) is 1.39. The molecule has 2 aliphatic rings. The maximum Gasteiger partial charge on any atom is 0.414 e. The molecule has 2 aromatic rings. The van der Waals surface area contributed by atoms with Gasteiger partial charge < -0.3 is 24.3 Å². The van der Waals surface area contributed by atoms with Gasteiger partial charge in [-0.15, -0.1) is 0 Å². The Balaban J connectivity index is 1.31. The number of rotatable bonds is 7. The highest BCUT2D eigenvalue weighted by Crippen LogP contribution is 2.24. The Morgan fingerprint density at radius 1 is 1.30 bits per heavy atom. The van der Waals surface area contributed by atoms with E-state index < -0.39 is 12.2 Å². The van der Waals surface area contributed by atoms with Gasteiger partial charge in [-0.1, -0.05) is 0 Å². The molecule has 1 aromatic heterocycles. The molecule has 4 rings (SSSR count). The number of aromatic nitrogens is 1. The van der Waals surface area contributed by atoms with Crippen molar-refractivity contribution in [3.8, 4) is 11.6 Å². The van der Waals surface area contributed by atoms with Gasteiger partial charge in [0.05, 0.1) is 33.4 Å². The molecule has 2 fully saturated rings. The number of amides is 2. The van der Waals surface area contributed by atoms with Crippen molar-refractivity contribution < 1.29 is 28.5 Å². The van der Waals surface area contributed by atoms with Crippen molar-refractivity contribution in [2.75, 3.05) is 38.3 Å². The first-order valence-electron chi connectivity index (χ1n) is 9.73. The highest BCUT2D eigenvalue weighted by atomic mass is 16.6. The van der Waals surface area contributed by atoms with Crippen LogP contribution in [-0.4, -0.2) is 62.6 Å². The first kappa shape index (κ1) is 20.0. The Labute approximate surface area is 173 Å². The van der Waals surface area contributed by atoms with E-state index in [1.54, 1.807) is 43.5 Å². The molecule has 9 nitrogen and oxygen atoms in total. The molecule has 0 saturated carbocycles. The van der Waals surface area contributed by atoms with Gasteiger partial charge in [0.1, 0.15) is 18.0 Å². The number of ether oxygens (including phenoxy) is 4. The van der Waals surface area contributed by atoms with Crippen molar-refractivity contribution in [2.45, 2.75) is 18.6 Å². The molecule has 3 heterocycles. The van der Waals surface area contributed by atoms with Crippen molar-refractivity contribution >= 4 is 17.7 Å². The number of nitrogens with one attached hydrogen (secondary N) is 1. The lowest BCUT2D eigenvalue weighted by molar-refractivity contribution is 0.0914. The molecule has 9 heteroatoms. The third kappa shape index (κ3) is 4.62. The van der Waals surface area contributed by atoms with E-state index in [0.717, 1.165) is 6.42 Å². The molecule has 0 bridgehead atoms. The quantitative estimate of drug-likeness (QED) is 0.741. The molecule has 2 saturated heterocycles. The molecular formula is C21H23N3O6. The van der Waals surface area contributed by atoms with Crippen LogP contribution in [0.4, 0.5) is 10.5 Å². The van der Waals surface area contributed by atoms with Crippen LogP contribution in [0.15, 0.2) is 42.6 Å². The van der Waals surface area contributed by atoms with Crippen LogP contribution in [0.1, 0.15) is 16.8 Å². The Bertz CT molecular complexity index is 898. The van der Waals surface area contributed by atoms with Gasteiger partial charge in [0.2, 0.25) is 5.88 Å². The zero-order chi connectivity index (χ0) is 20.9. The van der Waals surface area contributed by atoms with Crippen LogP contribution in [0.5, 0.6) is 11.6 Å². The molecule has 0 spiro atoms. The lowest BCUT2D eigenvalue weighted by Gasteiger charge is -2.14. The van der Waals surface area contributed by atoms with Crippen molar-refractivity contribution in [3.63, 3.8) is 0 Å². The molecule has 2 aliphatic heterocycles. The van der Waals surface area contributed by atoms with Crippen molar-refractivity contribution in [3.05, 3.63) is 48.2 Å². The molecule has 1 N–H and O–H groups in total. The minimum absolute atomic E-state index is 0.0438. The van der Waals surface area contributed by atoms with E-state index >= 15 is 0 Å². The van der Waals surface area contributed by atoms with E-state index in [4.69, 9.17) is 18.9 Å². The maximum atomic E-state index is 12.5. The highest BCUT2D eigenvalue weighted by Gasteiger charge is 2.32. The highest BCUT2D eigenvalue weighted by molar-refractivity contribution is 5.94. The number of carbonyl (C=O) groups is 2. The van der Waals surface area contributed by atoms with Crippen LogP contribution in [0.3, 0.4) is 0 Å². The zero-order valence-electron chi connectivity index (χ0n) is 16.6. The average Bonchev–Trinajstić information content (AvgIpc) is 3.41. The predicted molar refractivity (Wildman–Crippen MR) is 107 cm³/mol. The van der Waals surface area contributed by atoms with Crippen molar-refractivity contribution in [1.82, 2.24) is 10.3 Å².